The van der Waals surface area contributed by atoms with Crippen LogP contribution in [0.3, 0.4) is 0 Å². The largest absolute Gasteiger partial charge is 0.393 e. The number of amides is 2. The van der Waals surface area contributed by atoms with Gasteiger partial charge in [-0.05, 0) is 18.8 Å². The molecule has 0 bridgehead atoms. The highest BCUT2D eigenvalue weighted by Crippen LogP contribution is 2.11. The zero-order valence-electron chi connectivity index (χ0n) is 10.4. The van der Waals surface area contributed by atoms with Crippen molar-refractivity contribution >= 4 is 29.0 Å². The molecule has 98 valence electrons. The Labute approximate surface area is 107 Å². The first-order valence-corrected chi connectivity index (χ1v) is 6.12. The Morgan fingerprint density at radius 1 is 1.24 bits per heavy atom. The number of unbranched alkanes of at least 4 members (excludes halogenated alkanes) is 1. The van der Waals surface area contributed by atoms with Crippen molar-refractivity contribution in [3.8, 4) is 0 Å². The lowest BCUT2D eigenvalue weighted by Crippen LogP contribution is -2.41. The Morgan fingerprint density at radius 2 is 1.82 bits per heavy atom. The summed E-state index contributed by atoms with van der Waals surface area (Å²) in [5.74, 6) is -0.814. The molecule has 0 aliphatic rings. The second-order valence-corrected chi connectivity index (χ2v) is 4.81. The van der Waals surface area contributed by atoms with Crippen LogP contribution in [0.4, 0.5) is 0 Å². The maximum atomic E-state index is 11.8. The summed E-state index contributed by atoms with van der Waals surface area (Å²) < 4.78 is 0. The summed E-state index contributed by atoms with van der Waals surface area (Å²) in [5.41, 5.74) is 10.5. The van der Waals surface area contributed by atoms with Crippen LogP contribution in [0, 0.1) is 11.8 Å². The zero-order chi connectivity index (χ0) is 13.4. The monoisotopic (exact) mass is 259 g/mol. The van der Waals surface area contributed by atoms with Gasteiger partial charge in [-0.2, -0.15) is 0 Å². The van der Waals surface area contributed by atoms with E-state index in [1.165, 1.54) is 0 Å². The molecular weight excluding hydrogens is 238 g/mol. The highest BCUT2D eigenvalue weighted by molar-refractivity contribution is 7.80. The van der Waals surface area contributed by atoms with Crippen molar-refractivity contribution in [1.82, 2.24) is 5.32 Å². The van der Waals surface area contributed by atoms with Crippen molar-refractivity contribution in [3.63, 3.8) is 0 Å². The Balaban J connectivity index is 3.91. The molecule has 0 fully saturated rings. The van der Waals surface area contributed by atoms with Crippen LogP contribution >= 0.6 is 12.2 Å². The lowest BCUT2D eigenvalue weighted by atomic mass is 9.95. The number of hydrogen-bond donors (Lipinski definition) is 3. The molecule has 0 aromatic carbocycles. The smallest absolute Gasteiger partial charge is 0.230 e. The van der Waals surface area contributed by atoms with E-state index < -0.39 is 5.92 Å². The number of thiocarbonyl (C=S) groups is 1. The Hall–Kier alpha value is -1.17. The first-order chi connectivity index (χ1) is 7.86. The fourth-order valence-corrected chi connectivity index (χ4v) is 1.89. The molecule has 0 aliphatic carbocycles. The molecule has 0 rings (SSSR count). The normalized spacial score (nSPS) is 12.2. The lowest BCUT2D eigenvalue weighted by molar-refractivity contribution is -0.124. The van der Waals surface area contributed by atoms with E-state index in [0.29, 0.717) is 19.4 Å². The van der Waals surface area contributed by atoms with Crippen molar-refractivity contribution in [3.05, 3.63) is 0 Å². The van der Waals surface area contributed by atoms with Crippen LogP contribution in [0.2, 0.25) is 0 Å². The van der Waals surface area contributed by atoms with Gasteiger partial charge in [0.15, 0.2) is 0 Å². The van der Waals surface area contributed by atoms with E-state index in [4.69, 9.17) is 23.7 Å². The molecule has 17 heavy (non-hydrogen) atoms. The number of carbonyl (C=O) groups is 2. The fourth-order valence-electron chi connectivity index (χ4n) is 1.51. The van der Waals surface area contributed by atoms with Crippen LogP contribution < -0.4 is 16.8 Å². The van der Waals surface area contributed by atoms with Crippen LogP contribution in [0.1, 0.15) is 33.1 Å². The molecule has 1 unspecified atom stereocenters. The van der Waals surface area contributed by atoms with Crippen LogP contribution in [-0.2, 0) is 9.59 Å². The van der Waals surface area contributed by atoms with Gasteiger partial charge in [-0.25, -0.2) is 0 Å². The summed E-state index contributed by atoms with van der Waals surface area (Å²) in [6.45, 7) is 4.31. The van der Waals surface area contributed by atoms with Crippen LogP contribution in [-0.4, -0.2) is 23.3 Å². The minimum atomic E-state index is -0.429. The molecule has 1 atom stereocenters. The summed E-state index contributed by atoms with van der Waals surface area (Å²) in [5, 5.41) is 2.76. The molecule has 0 saturated carbocycles. The van der Waals surface area contributed by atoms with Crippen molar-refractivity contribution < 1.29 is 9.59 Å². The van der Waals surface area contributed by atoms with Crippen LogP contribution in [0.25, 0.3) is 0 Å². The highest BCUT2D eigenvalue weighted by atomic mass is 32.1. The second kappa shape index (κ2) is 8.00. The zero-order valence-corrected chi connectivity index (χ0v) is 11.2. The Bertz CT molecular complexity index is 292. The van der Waals surface area contributed by atoms with Crippen LogP contribution in [0.5, 0.6) is 0 Å². The lowest BCUT2D eigenvalue weighted by Gasteiger charge is -2.18. The number of carbonyl (C=O) groups excluding carboxylic acids is 2. The van der Waals surface area contributed by atoms with E-state index in [1.807, 2.05) is 13.8 Å². The third kappa shape index (κ3) is 6.88. The van der Waals surface area contributed by atoms with Gasteiger partial charge in [0.2, 0.25) is 11.8 Å². The molecule has 0 saturated heterocycles. The highest BCUT2D eigenvalue weighted by Gasteiger charge is 2.24. The van der Waals surface area contributed by atoms with Crippen molar-refractivity contribution in [2.45, 2.75) is 33.1 Å². The van der Waals surface area contributed by atoms with E-state index in [1.54, 1.807) is 0 Å². The molecule has 6 heteroatoms. The van der Waals surface area contributed by atoms with Gasteiger partial charge in [-0.1, -0.05) is 26.1 Å². The van der Waals surface area contributed by atoms with E-state index >= 15 is 0 Å². The summed E-state index contributed by atoms with van der Waals surface area (Å²) in [4.78, 5) is 22.5. The SMILES string of the molecule is CC(C)C(C(=O)NCCCCC(N)=O)C(N)=S. The van der Waals surface area contributed by atoms with Gasteiger partial charge in [0.1, 0.15) is 0 Å². The Morgan fingerprint density at radius 3 is 2.24 bits per heavy atom. The summed E-state index contributed by atoms with van der Waals surface area (Å²) in [6.07, 6.45) is 1.74. The molecule has 0 aromatic rings. The molecule has 0 spiro atoms. The second-order valence-electron chi connectivity index (χ2n) is 4.34. The van der Waals surface area contributed by atoms with Crippen molar-refractivity contribution in [1.29, 1.82) is 0 Å². The van der Waals surface area contributed by atoms with Gasteiger partial charge in [-0.15, -0.1) is 0 Å². The number of nitrogens with one attached hydrogen (secondary N) is 1. The molecule has 5 nitrogen and oxygen atoms in total. The van der Waals surface area contributed by atoms with Gasteiger partial charge in [0.25, 0.3) is 0 Å². The quantitative estimate of drug-likeness (QED) is 0.432. The summed E-state index contributed by atoms with van der Waals surface area (Å²) in [7, 11) is 0. The molecule has 2 amide bonds. The van der Waals surface area contributed by atoms with E-state index in [9.17, 15) is 9.59 Å². The molecule has 0 radical (unpaired) electrons. The average Bonchev–Trinajstić information content (AvgIpc) is 2.15. The van der Waals surface area contributed by atoms with Gasteiger partial charge < -0.3 is 16.8 Å². The fraction of sp³-hybridized carbons (Fsp3) is 0.727. The molecule has 0 heterocycles. The maximum Gasteiger partial charge on any atom is 0.230 e. The predicted molar refractivity (Wildman–Crippen MR) is 71.2 cm³/mol. The number of rotatable bonds is 8. The van der Waals surface area contributed by atoms with Crippen molar-refractivity contribution in [2.24, 2.45) is 23.3 Å². The minimum absolute atomic E-state index is 0.0816. The maximum absolute atomic E-state index is 11.8. The topological polar surface area (TPSA) is 98.2 Å². The standard InChI is InChI=1S/C11H21N3O2S/c1-7(2)9(10(13)17)11(16)14-6-4-3-5-8(12)15/h7,9H,3-6H2,1-2H3,(H2,12,15)(H2,13,17)(H,14,16). The Kier molecular flexibility index (Phi) is 7.45. The van der Waals surface area contributed by atoms with Gasteiger partial charge in [0.05, 0.1) is 10.9 Å². The van der Waals surface area contributed by atoms with E-state index in [0.717, 1.165) is 6.42 Å². The molecule has 5 N–H and O–H groups in total. The third-order valence-corrected chi connectivity index (χ3v) is 2.66. The number of primary amides is 1. The molecular formula is C11H21N3O2S. The van der Waals surface area contributed by atoms with Gasteiger partial charge in [-0.3, -0.25) is 9.59 Å². The summed E-state index contributed by atoms with van der Waals surface area (Å²) >= 11 is 4.86. The number of hydrogen-bond acceptors (Lipinski definition) is 3. The van der Waals surface area contributed by atoms with E-state index in [-0.39, 0.29) is 22.7 Å². The predicted octanol–water partition coefficient (Wildman–Crippen LogP) is 0.317. The minimum Gasteiger partial charge on any atom is -0.393 e. The van der Waals surface area contributed by atoms with Crippen LogP contribution in [0.15, 0.2) is 0 Å². The van der Waals surface area contributed by atoms with Crippen molar-refractivity contribution in [2.75, 3.05) is 6.54 Å². The van der Waals surface area contributed by atoms with Gasteiger partial charge in [0, 0.05) is 13.0 Å². The molecule has 0 aliphatic heterocycles. The first-order valence-electron chi connectivity index (χ1n) is 5.71. The number of nitrogens with two attached hydrogens (primary N) is 2. The van der Waals surface area contributed by atoms with Gasteiger partial charge >= 0.3 is 0 Å². The van der Waals surface area contributed by atoms with E-state index in [2.05, 4.69) is 5.32 Å². The first kappa shape index (κ1) is 15.8. The molecule has 0 aromatic heterocycles. The third-order valence-electron chi connectivity index (χ3n) is 2.40. The summed E-state index contributed by atoms with van der Waals surface area (Å²) in [6, 6.07) is 0. The average molecular weight is 259 g/mol.